The highest BCUT2D eigenvalue weighted by molar-refractivity contribution is 6.61. The van der Waals surface area contributed by atoms with Crippen LogP contribution in [-0.2, 0) is 49.2 Å². The molecule has 0 aliphatic heterocycles. The summed E-state index contributed by atoms with van der Waals surface area (Å²) in [6.07, 6.45) is -0.548. The van der Waals surface area contributed by atoms with Crippen LogP contribution in [0.15, 0.2) is 158 Å². The Morgan fingerprint density at radius 3 is 0.961 bits per heavy atom. The Morgan fingerprint density at radius 1 is 0.355 bits per heavy atom. The number of hydrogen-bond donors (Lipinski definition) is 2. The third-order valence-electron chi connectivity index (χ3n) is 13.6. The van der Waals surface area contributed by atoms with E-state index in [4.69, 9.17) is 36.0 Å². The van der Waals surface area contributed by atoms with Crippen molar-refractivity contribution in [2.75, 3.05) is 52.9 Å². The number of hydrogen-bond acceptors (Lipinski definition) is 10. The van der Waals surface area contributed by atoms with Gasteiger partial charge in [0, 0.05) is 51.7 Å². The number of benzene rings is 8. The van der Waals surface area contributed by atoms with Crippen molar-refractivity contribution < 1.29 is 46.2 Å². The zero-order chi connectivity index (χ0) is 53.3. The first-order valence-electron chi connectivity index (χ1n) is 27.3. The van der Waals surface area contributed by atoms with Gasteiger partial charge in [-0.1, -0.05) is 146 Å². The fraction of sp³-hybridized carbons (Fsp3) is 0.344. The Labute approximate surface area is 452 Å². The smallest absolute Gasteiger partial charge is 0.391 e. The van der Waals surface area contributed by atoms with Crippen LogP contribution in [0.25, 0.3) is 76.8 Å². The monoisotopic (exact) mass is 1060 g/mol. The van der Waals surface area contributed by atoms with Gasteiger partial charge in [0.2, 0.25) is 0 Å². The molecule has 0 amide bonds. The van der Waals surface area contributed by atoms with E-state index in [9.17, 15) is 10.2 Å². The second-order valence-corrected chi connectivity index (χ2v) is 24.3. The molecule has 2 atom stereocenters. The van der Waals surface area contributed by atoms with E-state index in [2.05, 4.69) is 158 Å². The van der Waals surface area contributed by atoms with Gasteiger partial charge in [0.05, 0.1) is 38.6 Å². The average molecular weight is 1060 g/mol. The average Bonchev–Trinajstić information content (AvgIpc) is 3.60. The quantitative estimate of drug-likeness (QED) is 0.0333. The van der Waals surface area contributed by atoms with Gasteiger partial charge < -0.3 is 46.2 Å². The molecule has 10 nitrogen and oxygen atoms in total. The maximum absolute atomic E-state index is 11.2. The normalized spacial score (nSPS) is 13.0. The molecule has 2 N–H and O–H groups in total. The summed E-state index contributed by atoms with van der Waals surface area (Å²) in [6, 6.07) is 57.5. The number of aliphatic hydroxyl groups excluding tert-OH is 2. The SMILES string of the molecule is CCO[Si](CCC(O)COCc1cccc(-c2c3ccccc3c(-c3cccc(COCC(O)CC[Si](OCC)(OCC)OCC)c3)c3c(-c4ccccc4)c4ccccc4c(-c4ccccc4)c23)c1)(OCC)OCC. The van der Waals surface area contributed by atoms with Crippen molar-refractivity contribution >= 4 is 49.9 Å². The fourth-order valence-corrected chi connectivity index (χ4v) is 16.0. The van der Waals surface area contributed by atoms with Gasteiger partial charge in [-0.15, -0.1) is 0 Å². The summed E-state index contributed by atoms with van der Waals surface area (Å²) >= 11 is 0. The highest BCUT2D eigenvalue weighted by Gasteiger charge is 2.41. The molecule has 76 heavy (non-hydrogen) atoms. The van der Waals surface area contributed by atoms with E-state index in [1.54, 1.807) is 0 Å². The molecule has 8 rings (SSSR count). The standard InChI is InChI=1S/C64H76O10Si2/c1-7-69-75(70-8-2,71-9-3)39-37-53(65)45-67-43-47-25-23-31-51(41-47)61-57-35-21-22-36-58(57)62(52-32-24-26-48(42-52)44-68-46-54(66)38-40-76(72-10-4,73-11-5)74-12-6)64-60(50-29-17-14-18-30-50)56-34-20-19-33-55(56)59(63(61)64)49-27-15-13-16-28-49/h13-36,41-42,53-54,65-66H,7-12,37-40,43-46H2,1-6H3. The van der Waals surface area contributed by atoms with Crippen molar-refractivity contribution in [3.8, 4) is 44.5 Å². The van der Waals surface area contributed by atoms with E-state index >= 15 is 0 Å². The minimum absolute atomic E-state index is 0.161. The third kappa shape index (κ3) is 13.5. The summed E-state index contributed by atoms with van der Waals surface area (Å²) in [4.78, 5) is 0. The Bertz CT molecular complexity index is 2860. The Balaban J connectivity index is 1.23. The van der Waals surface area contributed by atoms with Crippen molar-refractivity contribution in [3.63, 3.8) is 0 Å². The predicted molar refractivity (Wildman–Crippen MR) is 312 cm³/mol. The van der Waals surface area contributed by atoms with Gasteiger partial charge in [-0.2, -0.15) is 0 Å². The van der Waals surface area contributed by atoms with Crippen LogP contribution in [0.4, 0.5) is 0 Å². The maximum atomic E-state index is 11.2. The Morgan fingerprint density at radius 2 is 0.645 bits per heavy atom. The molecule has 2 unspecified atom stereocenters. The molecular formula is C64H76O10Si2. The second-order valence-electron chi connectivity index (χ2n) is 18.9. The van der Waals surface area contributed by atoms with Crippen molar-refractivity contribution in [2.24, 2.45) is 0 Å². The second kappa shape index (κ2) is 27.8. The van der Waals surface area contributed by atoms with E-state index in [-0.39, 0.29) is 13.2 Å². The van der Waals surface area contributed by atoms with Crippen LogP contribution in [0, 0.1) is 0 Å². The first-order chi connectivity index (χ1) is 37.2. The van der Waals surface area contributed by atoms with Gasteiger partial charge in [-0.05, 0) is 154 Å². The van der Waals surface area contributed by atoms with Crippen LogP contribution < -0.4 is 0 Å². The Kier molecular flexibility index (Phi) is 20.7. The molecule has 0 bridgehead atoms. The van der Waals surface area contributed by atoms with E-state index in [1.807, 2.05) is 41.5 Å². The summed E-state index contributed by atoms with van der Waals surface area (Å²) in [5.41, 5.74) is 10.9. The van der Waals surface area contributed by atoms with Crippen LogP contribution in [-0.4, -0.2) is 92.9 Å². The van der Waals surface area contributed by atoms with E-state index < -0.39 is 29.8 Å². The first-order valence-corrected chi connectivity index (χ1v) is 31.2. The molecule has 0 aliphatic carbocycles. The topological polar surface area (TPSA) is 114 Å². The van der Waals surface area contributed by atoms with Crippen molar-refractivity contribution in [2.45, 2.75) is 91.9 Å². The molecule has 8 aromatic rings. The number of aliphatic hydroxyl groups is 2. The lowest BCUT2D eigenvalue weighted by Crippen LogP contribution is -2.46. The molecule has 8 aromatic carbocycles. The molecule has 0 radical (unpaired) electrons. The van der Waals surface area contributed by atoms with Gasteiger partial charge in [0.25, 0.3) is 0 Å². The van der Waals surface area contributed by atoms with Gasteiger partial charge in [0.1, 0.15) is 0 Å². The lowest BCUT2D eigenvalue weighted by Gasteiger charge is -2.29. The molecule has 12 heteroatoms. The van der Waals surface area contributed by atoms with Crippen LogP contribution in [0.5, 0.6) is 0 Å². The van der Waals surface area contributed by atoms with Gasteiger partial charge in [0.15, 0.2) is 0 Å². The summed E-state index contributed by atoms with van der Waals surface area (Å²) in [6.45, 7) is 15.5. The molecule has 400 valence electrons. The van der Waals surface area contributed by atoms with Gasteiger partial charge in [-0.3, -0.25) is 0 Å². The summed E-state index contributed by atoms with van der Waals surface area (Å²) in [5.74, 6) is 0. The molecule has 0 aliphatic rings. The lowest BCUT2D eigenvalue weighted by molar-refractivity contribution is 0.0201. The highest BCUT2D eigenvalue weighted by atomic mass is 28.4. The minimum atomic E-state index is -2.91. The summed E-state index contributed by atoms with van der Waals surface area (Å²) in [5, 5.41) is 29.2. The fourth-order valence-electron chi connectivity index (χ4n) is 10.7. The Hall–Kier alpha value is -5.43. The molecule has 0 saturated heterocycles. The van der Waals surface area contributed by atoms with Crippen LogP contribution in [0.3, 0.4) is 0 Å². The molecule has 0 spiro atoms. The van der Waals surface area contributed by atoms with Crippen molar-refractivity contribution in [3.05, 3.63) is 169 Å². The predicted octanol–water partition coefficient (Wildman–Crippen LogP) is 14.4. The lowest BCUT2D eigenvalue weighted by atomic mass is 9.77. The number of ether oxygens (including phenoxy) is 2. The minimum Gasteiger partial charge on any atom is -0.391 e. The van der Waals surface area contributed by atoms with E-state index in [0.29, 0.717) is 77.8 Å². The van der Waals surface area contributed by atoms with Crippen LogP contribution in [0.2, 0.25) is 12.1 Å². The number of rotatable bonds is 30. The molecular weight excluding hydrogens is 985 g/mol. The molecule has 0 heterocycles. The van der Waals surface area contributed by atoms with Gasteiger partial charge >= 0.3 is 17.6 Å². The zero-order valence-corrected chi connectivity index (χ0v) is 47.2. The number of fused-ring (bicyclic) bond motifs is 3. The molecule has 0 saturated carbocycles. The van der Waals surface area contributed by atoms with E-state index in [1.165, 1.54) is 0 Å². The maximum Gasteiger partial charge on any atom is 0.501 e. The van der Waals surface area contributed by atoms with Crippen molar-refractivity contribution in [1.29, 1.82) is 0 Å². The third-order valence-corrected chi connectivity index (χ3v) is 19.8. The zero-order valence-electron chi connectivity index (χ0n) is 45.2. The molecule has 0 aromatic heterocycles. The van der Waals surface area contributed by atoms with Crippen LogP contribution >= 0.6 is 0 Å². The van der Waals surface area contributed by atoms with Gasteiger partial charge in [-0.25, -0.2) is 0 Å². The molecule has 0 fully saturated rings. The first kappa shape index (κ1) is 56.8. The summed E-state index contributed by atoms with van der Waals surface area (Å²) < 4.78 is 48.9. The van der Waals surface area contributed by atoms with Crippen LogP contribution in [0.1, 0.15) is 65.5 Å². The summed E-state index contributed by atoms with van der Waals surface area (Å²) in [7, 11) is -5.83. The highest BCUT2D eigenvalue weighted by Crippen LogP contribution is 2.53. The largest absolute Gasteiger partial charge is 0.501 e. The van der Waals surface area contributed by atoms with Crippen molar-refractivity contribution in [1.82, 2.24) is 0 Å². The van der Waals surface area contributed by atoms with E-state index in [0.717, 1.165) is 88.0 Å².